The van der Waals surface area contributed by atoms with Crippen LogP contribution in [0.4, 0.5) is 0 Å². The zero-order chi connectivity index (χ0) is 23.1. The standard InChI is InChI=1S/C22H36N4O6/c1-4-14(13-27)26-17(19(29)24-7-8-25-9-11-31-12-10-25)22-6-5-21(2,32-22)15(18(28)23-3)16(22)20(26)30/h14-17,27H,4-13H2,1-3H3,(H,23,28)(H,24,29)/t14-,15+,16-,17?,21-,22?/m0/s1. The van der Waals surface area contributed by atoms with E-state index in [-0.39, 0.29) is 24.3 Å². The number of nitrogens with one attached hydrogen (secondary N) is 2. The van der Waals surface area contributed by atoms with Gasteiger partial charge in [-0.1, -0.05) is 6.92 Å². The lowest BCUT2D eigenvalue weighted by atomic mass is 9.66. The van der Waals surface area contributed by atoms with Crippen molar-refractivity contribution < 1.29 is 29.0 Å². The molecule has 4 fully saturated rings. The molecule has 32 heavy (non-hydrogen) atoms. The number of likely N-dealkylation sites (tertiary alicyclic amines) is 1. The van der Waals surface area contributed by atoms with Crippen molar-refractivity contribution in [3.63, 3.8) is 0 Å². The molecule has 4 heterocycles. The summed E-state index contributed by atoms with van der Waals surface area (Å²) in [5.74, 6) is -2.16. The minimum absolute atomic E-state index is 0.238. The first-order chi connectivity index (χ1) is 15.3. The molecule has 180 valence electrons. The molecule has 0 aliphatic carbocycles. The van der Waals surface area contributed by atoms with Crippen LogP contribution in [0.2, 0.25) is 0 Å². The van der Waals surface area contributed by atoms with Crippen LogP contribution < -0.4 is 10.6 Å². The van der Waals surface area contributed by atoms with Gasteiger partial charge in [0.05, 0.1) is 43.3 Å². The van der Waals surface area contributed by atoms with Crippen LogP contribution in [0.25, 0.3) is 0 Å². The molecule has 0 aromatic rings. The predicted molar refractivity (Wildman–Crippen MR) is 115 cm³/mol. The Morgan fingerprint density at radius 2 is 1.97 bits per heavy atom. The Labute approximate surface area is 189 Å². The third kappa shape index (κ3) is 3.52. The molecule has 0 aromatic heterocycles. The molecule has 2 bridgehead atoms. The topological polar surface area (TPSA) is 120 Å². The lowest BCUT2D eigenvalue weighted by Gasteiger charge is -2.37. The quantitative estimate of drug-likeness (QED) is 0.419. The normalized spacial score (nSPS) is 37.4. The number of carbonyl (C=O) groups is 3. The van der Waals surface area contributed by atoms with E-state index < -0.39 is 35.1 Å². The number of carbonyl (C=O) groups excluding carboxylic acids is 3. The summed E-state index contributed by atoms with van der Waals surface area (Å²) < 4.78 is 11.9. The molecule has 4 saturated heterocycles. The molecule has 3 amide bonds. The van der Waals surface area contributed by atoms with E-state index in [0.717, 1.165) is 13.1 Å². The molecule has 10 heteroatoms. The predicted octanol–water partition coefficient (Wildman–Crippen LogP) is -1.28. The Morgan fingerprint density at radius 1 is 1.25 bits per heavy atom. The van der Waals surface area contributed by atoms with Gasteiger partial charge in [-0.3, -0.25) is 19.3 Å². The van der Waals surface area contributed by atoms with E-state index in [9.17, 15) is 19.5 Å². The molecule has 0 radical (unpaired) electrons. The van der Waals surface area contributed by atoms with E-state index in [2.05, 4.69) is 15.5 Å². The number of hydrogen-bond acceptors (Lipinski definition) is 7. The van der Waals surface area contributed by atoms with Gasteiger partial charge in [-0.25, -0.2) is 0 Å². The zero-order valence-corrected chi connectivity index (χ0v) is 19.3. The van der Waals surface area contributed by atoms with Crippen LogP contribution in [0.15, 0.2) is 0 Å². The first kappa shape index (κ1) is 23.4. The minimum atomic E-state index is -1.05. The average molecular weight is 453 g/mol. The van der Waals surface area contributed by atoms with Crippen LogP contribution in [-0.4, -0.2) is 109 Å². The molecule has 3 N–H and O–H groups in total. The largest absolute Gasteiger partial charge is 0.394 e. The van der Waals surface area contributed by atoms with Crippen molar-refractivity contribution in [2.24, 2.45) is 11.8 Å². The van der Waals surface area contributed by atoms with Crippen molar-refractivity contribution in [1.29, 1.82) is 0 Å². The Balaban J connectivity index is 1.60. The monoisotopic (exact) mass is 452 g/mol. The fourth-order valence-corrected chi connectivity index (χ4v) is 6.29. The Kier molecular flexibility index (Phi) is 6.50. The molecule has 0 aromatic carbocycles. The number of ether oxygens (including phenoxy) is 2. The van der Waals surface area contributed by atoms with E-state index in [4.69, 9.17) is 9.47 Å². The highest BCUT2D eigenvalue weighted by atomic mass is 16.5. The van der Waals surface area contributed by atoms with Crippen LogP contribution in [0.3, 0.4) is 0 Å². The maximum atomic E-state index is 13.7. The number of hydrogen-bond donors (Lipinski definition) is 3. The number of aliphatic hydroxyl groups excluding tert-OH is 1. The summed E-state index contributed by atoms with van der Waals surface area (Å²) in [5.41, 5.74) is -1.82. The van der Waals surface area contributed by atoms with Crippen LogP contribution in [0, 0.1) is 11.8 Å². The van der Waals surface area contributed by atoms with Gasteiger partial charge in [-0.2, -0.15) is 0 Å². The lowest BCUT2D eigenvalue weighted by Crippen LogP contribution is -2.58. The number of rotatable bonds is 8. The smallest absolute Gasteiger partial charge is 0.245 e. The van der Waals surface area contributed by atoms with Gasteiger partial charge in [0.1, 0.15) is 11.6 Å². The average Bonchev–Trinajstić information content (AvgIpc) is 3.36. The SMILES string of the molecule is CC[C@@H](CO)N1C(=O)[C@@H]2[C@H](C(=O)NC)[C@]3(C)CCC2(O3)C1C(=O)NCCN1CCOCC1. The van der Waals surface area contributed by atoms with Gasteiger partial charge in [0, 0.05) is 33.2 Å². The summed E-state index contributed by atoms with van der Waals surface area (Å²) in [6.07, 6.45) is 1.65. The molecule has 10 nitrogen and oxygen atoms in total. The van der Waals surface area contributed by atoms with Crippen molar-refractivity contribution >= 4 is 17.7 Å². The molecule has 0 saturated carbocycles. The number of morpholine rings is 1. The van der Waals surface area contributed by atoms with Crippen molar-refractivity contribution in [3.05, 3.63) is 0 Å². The third-order valence-electron chi connectivity index (χ3n) is 7.90. The van der Waals surface area contributed by atoms with Gasteiger partial charge in [0.15, 0.2) is 0 Å². The van der Waals surface area contributed by atoms with E-state index in [0.29, 0.717) is 45.6 Å². The second kappa shape index (κ2) is 8.89. The summed E-state index contributed by atoms with van der Waals surface area (Å²) in [6, 6.07) is -1.36. The summed E-state index contributed by atoms with van der Waals surface area (Å²) in [5, 5.41) is 15.7. The fourth-order valence-electron chi connectivity index (χ4n) is 6.29. The number of nitrogens with zero attached hydrogens (tertiary/aromatic N) is 2. The molecule has 6 atom stereocenters. The molecular weight excluding hydrogens is 416 g/mol. The van der Waals surface area contributed by atoms with E-state index >= 15 is 0 Å². The lowest BCUT2D eigenvalue weighted by molar-refractivity contribution is -0.149. The van der Waals surface area contributed by atoms with Crippen molar-refractivity contribution in [1.82, 2.24) is 20.4 Å². The summed E-state index contributed by atoms with van der Waals surface area (Å²) in [7, 11) is 1.56. The second-order valence-corrected chi connectivity index (χ2v) is 9.58. The van der Waals surface area contributed by atoms with Gasteiger partial charge in [-0.15, -0.1) is 0 Å². The van der Waals surface area contributed by atoms with Gasteiger partial charge in [-0.05, 0) is 26.2 Å². The van der Waals surface area contributed by atoms with Crippen LogP contribution in [-0.2, 0) is 23.9 Å². The zero-order valence-electron chi connectivity index (χ0n) is 19.3. The van der Waals surface area contributed by atoms with Crippen molar-refractivity contribution in [2.45, 2.75) is 56.4 Å². The summed E-state index contributed by atoms with van der Waals surface area (Å²) in [4.78, 5) is 43.8. The highest BCUT2D eigenvalue weighted by Gasteiger charge is 2.78. The van der Waals surface area contributed by atoms with Gasteiger partial charge in [0.2, 0.25) is 17.7 Å². The van der Waals surface area contributed by atoms with Crippen LogP contribution in [0.5, 0.6) is 0 Å². The van der Waals surface area contributed by atoms with Gasteiger partial charge < -0.3 is 30.1 Å². The van der Waals surface area contributed by atoms with Gasteiger partial charge in [0.25, 0.3) is 0 Å². The van der Waals surface area contributed by atoms with E-state index in [1.807, 2.05) is 13.8 Å². The minimum Gasteiger partial charge on any atom is -0.394 e. The van der Waals surface area contributed by atoms with E-state index in [1.54, 1.807) is 7.05 Å². The molecular formula is C22H36N4O6. The van der Waals surface area contributed by atoms with Crippen molar-refractivity contribution in [2.75, 3.05) is 53.0 Å². The highest BCUT2D eigenvalue weighted by molar-refractivity contribution is 5.99. The molecule has 4 aliphatic heterocycles. The van der Waals surface area contributed by atoms with E-state index in [1.165, 1.54) is 4.90 Å². The highest BCUT2D eigenvalue weighted by Crippen LogP contribution is 2.63. The Morgan fingerprint density at radius 3 is 2.59 bits per heavy atom. The molecule has 4 aliphatic rings. The fraction of sp³-hybridized carbons (Fsp3) is 0.864. The molecule has 2 unspecified atom stereocenters. The number of fused-ring (bicyclic) bond motifs is 1. The second-order valence-electron chi connectivity index (χ2n) is 9.58. The molecule has 4 rings (SSSR count). The first-order valence-electron chi connectivity index (χ1n) is 11.8. The van der Waals surface area contributed by atoms with Crippen molar-refractivity contribution in [3.8, 4) is 0 Å². The first-order valence-corrected chi connectivity index (χ1v) is 11.8. The third-order valence-corrected chi connectivity index (χ3v) is 7.90. The Hall–Kier alpha value is -1.75. The number of aliphatic hydroxyl groups is 1. The maximum Gasteiger partial charge on any atom is 0.245 e. The number of amides is 3. The summed E-state index contributed by atoms with van der Waals surface area (Å²) >= 11 is 0. The van der Waals surface area contributed by atoms with Crippen LogP contribution >= 0.6 is 0 Å². The Bertz CT molecular complexity index is 755. The maximum absolute atomic E-state index is 13.7. The summed E-state index contributed by atoms with van der Waals surface area (Å²) in [6.45, 7) is 7.67. The molecule has 1 spiro atoms. The van der Waals surface area contributed by atoms with Gasteiger partial charge >= 0.3 is 0 Å². The van der Waals surface area contributed by atoms with Crippen LogP contribution in [0.1, 0.15) is 33.1 Å².